The van der Waals surface area contributed by atoms with E-state index in [0.29, 0.717) is 0 Å². The SMILES string of the molecule is NC(=N/N=C/c1ccccc1-c1ccccc1)N/N=C/c1ccccc1-c1ccccc1. The maximum absolute atomic E-state index is 5.91. The summed E-state index contributed by atoms with van der Waals surface area (Å²) in [6, 6.07) is 36.3. The largest absolute Gasteiger partial charge is 0.367 e. The quantitative estimate of drug-likeness (QED) is 0.254. The van der Waals surface area contributed by atoms with E-state index in [1.165, 1.54) is 0 Å². The van der Waals surface area contributed by atoms with Crippen molar-refractivity contribution < 1.29 is 0 Å². The van der Waals surface area contributed by atoms with Crippen LogP contribution in [-0.4, -0.2) is 18.4 Å². The molecule has 4 aromatic rings. The van der Waals surface area contributed by atoms with E-state index in [9.17, 15) is 0 Å². The van der Waals surface area contributed by atoms with E-state index >= 15 is 0 Å². The average Bonchev–Trinajstić information content (AvgIpc) is 2.86. The Labute approximate surface area is 187 Å². The van der Waals surface area contributed by atoms with Crippen LogP contribution in [0.4, 0.5) is 0 Å². The average molecular weight is 418 g/mol. The zero-order chi connectivity index (χ0) is 22.0. The molecule has 0 aromatic heterocycles. The van der Waals surface area contributed by atoms with E-state index < -0.39 is 0 Å². The zero-order valence-corrected chi connectivity index (χ0v) is 17.5. The van der Waals surface area contributed by atoms with Crippen LogP contribution in [0, 0.1) is 0 Å². The summed E-state index contributed by atoms with van der Waals surface area (Å²) in [6.45, 7) is 0. The minimum atomic E-state index is 0.104. The summed E-state index contributed by atoms with van der Waals surface area (Å²) in [7, 11) is 0. The molecule has 5 heteroatoms. The molecule has 0 aliphatic heterocycles. The molecule has 0 unspecified atom stereocenters. The van der Waals surface area contributed by atoms with Gasteiger partial charge >= 0.3 is 0 Å². The summed E-state index contributed by atoms with van der Waals surface area (Å²) < 4.78 is 0. The fraction of sp³-hybridized carbons (Fsp3) is 0. The highest BCUT2D eigenvalue weighted by atomic mass is 15.4. The van der Waals surface area contributed by atoms with Crippen LogP contribution in [0.5, 0.6) is 0 Å². The number of hydrogen-bond acceptors (Lipinski definition) is 3. The van der Waals surface area contributed by atoms with Crippen molar-refractivity contribution in [1.82, 2.24) is 5.43 Å². The number of nitrogens with zero attached hydrogens (tertiary/aromatic N) is 3. The second-order valence-electron chi connectivity index (χ2n) is 7.01. The second-order valence-corrected chi connectivity index (χ2v) is 7.01. The van der Waals surface area contributed by atoms with Gasteiger partial charge in [0.05, 0.1) is 12.4 Å². The van der Waals surface area contributed by atoms with Crippen LogP contribution < -0.4 is 11.2 Å². The van der Waals surface area contributed by atoms with E-state index in [-0.39, 0.29) is 5.96 Å². The maximum atomic E-state index is 5.91. The lowest BCUT2D eigenvalue weighted by Crippen LogP contribution is -2.26. The maximum Gasteiger partial charge on any atom is 0.234 e. The van der Waals surface area contributed by atoms with Crippen molar-refractivity contribution in [2.24, 2.45) is 21.0 Å². The molecule has 0 spiro atoms. The molecule has 0 heterocycles. The Kier molecular flexibility index (Phi) is 6.81. The number of guanidine groups is 1. The van der Waals surface area contributed by atoms with Crippen LogP contribution in [0.15, 0.2) is 124 Å². The number of nitrogens with one attached hydrogen (secondary N) is 1. The first-order valence-electron chi connectivity index (χ1n) is 10.3. The summed E-state index contributed by atoms with van der Waals surface area (Å²) in [6.07, 6.45) is 3.41. The molecule has 4 rings (SSSR count). The van der Waals surface area contributed by atoms with Gasteiger partial charge in [0, 0.05) is 11.1 Å². The molecule has 0 bridgehead atoms. The van der Waals surface area contributed by atoms with Gasteiger partial charge in [-0.2, -0.15) is 10.2 Å². The number of rotatable bonds is 6. The Morgan fingerprint density at radius 3 is 1.62 bits per heavy atom. The molecule has 4 aromatic carbocycles. The van der Waals surface area contributed by atoms with E-state index in [0.717, 1.165) is 33.4 Å². The van der Waals surface area contributed by atoms with Crippen molar-refractivity contribution in [1.29, 1.82) is 0 Å². The van der Waals surface area contributed by atoms with Gasteiger partial charge in [0.1, 0.15) is 0 Å². The molecule has 5 nitrogen and oxygen atoms in total. The Morgan fingerprint density at radius 1 is 0.594 bits per heavy atom. The van der Waals surface area contributed by atoms with Gasteiger partial charge in [0.15, 0.2) is 0 Å². The van der Waals surface area contributed by atoms with Crippen LogP contribution in [0.1, 0.15) is 11.1 Å². The van der Waals surface area contributed by atoms with Gasteiger partial charge in [-0.15, -0.1) is 5.10 Å². The predicted octanol–water partition coefficient (Wildman–Crippen LogP) is 5.29. The summed E-state index contributed by atoms with van der Waals surface area (Å²) in [5.74, 6) is 0.104. The molecular weight excluding hydrogens is 394 g/mol. The highest BCUT2D eigenvalue weighted by Gasteiger charge is 2.02. The number of benzene rings is 4. The third-order valence-corrected chi connectivity index (χ3v) is 4.84. The zero-order valence-electron chi connectivity index (χ0n) is 17.5. The fourth-order valence-electron chi connectivity index (χ4n) is 3.32. The molecular formula is C27H23N5. The van der Waals surface area contributed by atoms with Crippen molar-refractivity contribution in [3.8, 4) is 22.3 Å². The normalized spacial score (nSPS) is 11.8. The lowest BCUT2D eigenvalue weighted by molar-refractivity contribution is 0.994. The highest BCUT2D eigenvalue weighted by molar-refractivity contribution is 5.92. The minimum absolute atomic E-state index is 0.104. The summed E-state index contributed by atoms with van der Waals surface area (Å²) in [5.41, 5.74) is 15.0. The van der Waals surface area contributed by atoms with E-state index in [4.69, 9.17) is 5.73 Å². The molecule has 3 N–H and O–H groups in total. The summed E-state index contributed by atoms with van der Waals surface area (Å²) >= 11 is 0. The van der Waals surface area contributed by atoms with E-state index in [1.54, 1.807) is 12.4 Å². The highest BCUT2D eigenvalue weighted by Crippen LogP contribution is 2.23. The van der Waals surface area contributed by atoms with Crippen LogP contribution >= 0.6 is 0 Å². The lowest BCUT2D eigenvalue weighted by Gasteiger charge is -2.05. The third kappa shape index (κ3) is 5.34. The predicted molar refractivity (Wildman–Crippen MR) is 134 cm³/mol. The molecule has 0 saturated heterocycles. The molecule has 32 heavy (non-hydrogen) atoms. The lowest BCUT2D eigenvalue weighted by atomic mass is 10.0. The Morgan fingerprint density at radius 2 is 1.06 bits per heavy atom. The standard InChI is InChI=1S/C27H23N5/c28-27(31-29-19-23-15-7-9-17-25(23)21-11-3-1-4-12-21)32-30-20-24-16-8-10-18-26(24)22-13-5-2-6-14-22/h1-20H,(H3,28,31,32)/b29-19+,30-20+. The Balaban J connectivity index is 1.44. The van der Waals surface area contributed by atoms with Crippen molar-refractivity contribution in [2.45, 2.75) is 0 Å². The Bertz CT molecular complexity index is 1250. The van der Waals surface area contributed by atoms with Crippen molar-refractivity contribution in [3.63, 3.8) is 0 Å². The first kappa shape index (κ1) is 20.8. The van der Waals surface area contributed by atoms with E-state index in [2.05, 4.69) is 57.1 Å². The van der Waals surface area contributed by atoms with Crippen LogP contribution in [-0.2, 0) is 0 Å². The molecule has 0 aliphatic rings. The Hall–Kier alpha value is -4.51. The van der Waals surface area contributed by atoms with Gasteiger partial charge in [0.25, 0.3) is 0 Å². The van der Waals surface area contributed by atoms with Gasteiger partial charge < -0.3 is 5.73 Å². The first-order chi connectivity index (χ1) is 15.8. The summed E-state index contributed by atoms with van der Waals surface area (Å²) in [4.78, 5) is 0. The van der Waals surface area contributed by atoms with E-state index in [1.807, 2.05) is 72.8 Å². The van der Waals surface area contributed by atoms with Gasteiger partial charge in [-0.1, -0.05) is 109 Å². The second kappa shape index (κ2) is 10.5. The van der Waals surface area contributed by atoms with Crippen LogP contribution in [0.25, 0.3) is 22.3 Å². The number of nitrogens with two attached hydrogens (primary N) is 1. The summed E-state index contributed by atoms with van der Waals surface area (Å²) in [5, 5.41) is 12.3. The monoisotopic (exact) mass is 417 g/mol. The number of hydrazone groups is 1. The molecule has 0 atom stereocenters. The smallest absolute Gasteiger partial charge is 0.234 e. The topological polar surface area (TPSA) is 75.1 Å². The first-order valence-corrected chi connectivity index (χ1v) is 10.3. The van der Waals surface area contributed by atoms with Crippen molar-refractivity contribution in [3.05, 3.63) is 120 Å². The van der Waals surface area contributed by atoms with Crippen LogP contribution in [0.3, 0.4) is 0 Å². The molecule has 0 saturated carbocycles. The van der Waals surface area contributed by atoms with Gasteiger partial charge in [-0.3, -0.25) is 0 Å². The minimum Gasteiger partial charge on any atom is -0.367 e. The number of hydrogen-bond donors (Lipinski definition) is 2. The molecule has 0 aliphatic carbocycles. The van der Waals surface area contributed by atoms with Gasteiger partial charge in [0.2, 0.25) is 5.96 Å². The fourth-order valence-corrected chi connectivity index (χ4v) is 3.32. The third-order valence-electron chi connectivity index (χ3n) is 4.84. The molecule has 0 fully saturated rings. The molecule has 156 valence electrons. The van der Waals surface area contributed by atoms with Gasteiger partial charge in [-0.25, -0.2) is 5.43 Å². The molecule has 0 radical (unpaired) electrons. The van der Waals surface area contributed by atoms with Crippen molar-refractivity contribution in [2.75, 3.05) is 0 Å². The van der Waals surface area contributed by atoms with Crippen molar-refractivity contribution >= 4 is 18.4 Å². The molecule has 0 amide bonds. The van der Waals surface area contributed by atoms with Gasteiger partial charge in [-0.05, 0) is 22.3 Å². The van der Waals surface area contributed by atoms with Crippen LogP contribution in [0.2, 0.25) is 0 Å².